The summed E-state index contributed by atoms with van der Waals surface area (Å²) in [6, 6.07) is -0.273. The molecule has 1 rings (SSSR count). The van der Waals surface area contributed by atoms with Crippen LogP contribution in [0.4, 0.5) is 0 Å². The first kappa shape index (κ1) is 12.0. The van der Waals surface area contributed by atoms with E-state index in [1.54, 1.807) is 0 Å². The van der Waals surface area contributed by atoms with Gasteiger partial charge in [-0.15, -0.1) is 0 Å². The Labute approximate surface area is 90.2 Å². The molecule has 0 saturated carbocycles. The van der Waals surface area contributed by atoms with Crippen molar-refractivity contribution in [3.8, 4) is 0 Å². The van der Waals surface area contributed by atoms with Crippen LogP contribution in [0.25, 0.3) is 0 Å². The lowest BCUT2D eigenvalue weighted by molar-refractivity contribution is 0.129. The Balaban J connectivity index is 2.51. The quantitative estimate of drug-likeness (QED) is 0.456. The third kappa shape index (κ3) is 3.22. The van der Waals surface area contributed by atoms with E-state index < -0.39 is 5.69 Å². The zero-order chi connectivity index (χ0) is 10.1. The minimum Gasteiger partial charge on any atom is -0.385 e. The number of hydrogen-bond donors (Lipinski definition) is 1. The molecule has 0 aromatic rings. The van der Waals surface area contributed by atoms with Gasteiger partial charge in [0.05, 0.1) is 12.7 Å². The summed E-state index contributed by atoms with van der Waals surface area (Å²) in [5, 5.41) is 0. The van der Waals surface area contributed by atoms with Crippen molar-refractivity contribution in [3.63, 3.8) is 0 Å². The van der Waals surface area contributed by atoms with E-state index in [0.717, 1.165) is 0 Å². The molecule has 0 amide bonds. The molecule has 0 N–H and O–H groups in total. The average Bonchev–Trinajstić information content (AvgIpc) is 2.36. The first-order chi connectivity index (χ1) is 5.96. The van der Waals surface area contributed by atoms with E-state index >= 15 is 0 Å². The molecule has 7 heteroatoms. The molecule has 1 unspecified atom stereocenters. The molecule has 0 bridgehead atoms. The van der Waals surface area contributed by atoms with Gasteiger partial charge in [0, 0.05) is 19.0 Å². The highest BCUT2D eigenvalue weighted by molar-refractivity contribution is 8.60. The number of thiol groups is 1. The fourth-order valence-corrected chi connectivity index (χ4v) is 2.44. The molecule has 1 fully saturated rings. The standard InChI is InChI=1S/C6H12BO3PS2/c1-4-5(3-9-6(4)7)10-11(12,13)8-2/h4-6H,3H2,1-2H3,(H,12,13)/t4-,5+,6+/m0/s1. The lowest BCUT2D eigenvalue weighted by Gasteiger charge is -2.21. The highest BCUT2D eigenvalue weighted by Crippen LogP contribution is 2.54. The van der Waals surface area contributed by atoms with Crippen LogP contribution in [0.1, 0.15) is 6.92 Å². The van der Waals surface area contributed by atoms with Crippen LogP contribution in [0.2, 0.25) is 0 Å². The molecule has 3 nitrogen and oxygen atoms in total. The summed E-state index contributed by atoms with van der Waals surface area (Å²) < 4.78 is 15.7. The van der Waals surface area contributed by atoms with E-state index in [0.29, 0.717) is 6.61 Å². The number of rotatable bonds is 3. The molecule has 0 aliphatic carbocycles. The molecule has 1 saturated heterocycles. The molecular formula is C6H12BO3PS2. The lowest BCUT2D eigenvalue weighted by atomic mass is 9.87. The van der Waals surface area contributed by atoms with Gasteiger partial charge in [0.2, 0.25) is 5.69 Å². The van der Waals surface area contributed by atoms with Crippen LogP contribution in [0.15, 0.2) is 0 Å². The highest BCUT2D eigenvalue weighted by Gasteiger charge is 2.34. The summed E-state index contributed by atoms with van der Waals surface area (Å²) in [6.45, 7) is 2.42. The third-order valence-electron chi connectivity index (χ3n) is 2.06. The monoisotopic (exact) mass is 238 g/mol. The van der Waals surface area contributed by atoms with Gasteiger partial charge >= 0.3 is 0 Å². The van der Waals surface area contributed by atoms with Crippen LogP contribution in [0, 0.1) is 5.92 Å². The molecule has 1 aliphatic rings. The number of ether oxygens (including phenoxy) is 1. The molecule has 1 aliphatic heterocycles. The SMILES string of the molecule is [B][C@@H]1OC[C@@H](OP(=S)(S)OC)[C@@H]1C. The number of hydrogen-bond acceptors (Lipinski definition) is 4. The Bertz CT molecular complexity index is 228. The Hall–Kier alpha value is 0.945. The summed E-state index contributed by atoms with van der Waals surface area (Å²) in [5.41, 5.74) is -2.39. The second-order valence-corrected chi connectivity index (χ2v) is 8.30. The zero-order valence-electron chi connectivity index (χ0n) is 7.54. The van der Waals surface area contributed by atoms with Crippen molar-refractivity contribution >= 4 is 37.6 Å². The van der Waals surface area contributed by atoms with Crippen LogP contribution in [-0.4, -0.2) is 33.7 Å². The average molecular weight is 238 g/mol. The molecular weight excluding hydrogens is 226 g/mol. The molecule has 74 valence electrons. The van der Waals surface area contributed by atoms with Gasteiger partial charge in [0.25, 0.3) is 0 Å². The largest absolute Gasteiger partial charge is 0.385 e. The van der Waals surface area contributed by atoms with Gasteiger partial charge in [-0.1, -0.05) is 19.2 Å². The highest BCUT2D eigenvalue weighted by atomic mass is 32.9. The van der Waals surface area contributed by atoms with Crippen LogP contribution in [0.5, 0.6) is 0 Å². The molecule has 13 heavy (non-hydrogen) atoms. The van der Waals surface area contributed by atoms with Gasteiger partial charge in [0.1, 0.15) is 7.85 Å². The van der Waals surface area contributed by atoms with Crippen molar-refractivity contribution in [1.29, 1.82) is 0 Å². The molecule has 2 radical (unpaired) electrons. The van der Waals surface area contributed by atoms with Crippen molar-refractivity contribution in [2.24, 2.45) is 5.92 Å². The maximum atomic E-state index is 5.64. The van der Waals surface area contributed by atoms with Gasteiger partial charge < -0.3 is 13.8 Å². The maximum absolute atomic E-state index is 5.64. The maximum Gasteiger partial charge on any atom is 0.244 e. The Morgan fingerprint density at radius 2 is 2.31 bits per heavy atom. The van der Waals surface area contributed by atoms with Crippen molar-refractivity contribution < 1.29 is 13.8 Å². The summed E-state index contributed by atoms with van der Waals surface area (Å²) in [5.74, 6) is 0.129. The van der Waals surface area contributed by atoms with E-state index in [4.69, 9.17) is 33.4 Å². The fourth-order valence-electron chi connectivity index (χ4n) is 1.06. The van der Waals surface area contributed by atoms with Crippen molar-refractivity contribution in [2.45, 2.75) is 19.0 Å². The normalized spacial score (nSPS) is 38.8. The van der Waals surface area contributed by atoms with E-state index in [-0.39, 0.29) is 18.0 Å². The van der Waals surface area contributed by atoms with Crippen molar-refractivity contribution in [3.05, 3.63) is 0 Å². The lowest BCUT2D eigenvalue weighted by Crippen LogP contribution is -2.22. The van der Waals surface area contributed by atoms with E-state index in [2.05, 4.69) is 12.2 Å². The fraction of sp³-hybridized carbons (Fsp3) is 1.00. The van der Waals surface area contributed by atoms with Gasteiger partial charge in [-0.3, -0.25) is 0 Å². The topological polar surface area (TPSA) is 27.7 Å². The smallest absolute Gasteiger partial charge is 0.244 e. The minimum absolute atomic E-state index is 0.0988. The van der Waals surface area contributed by atoms with Crippen LogP contribution in [0.3, 0.4) is 0 Å². The second-order valence-electron chi connectivity index (χ2n) is 2.95. The van der Waals surface area contributed by atoms with Gasteiger partial charge in [-0.25, -0.2) is 0 Å². The molecule has 0 aromatic heterocycles. The van der Waals surface area contributed by atoms with Crippen molar-refractivity contribution in [2.75, 3.05) is 13.7 Å². The summed E-state index contributed by atoms with van der Waals surface area (Å²) in [7, 11) is 7.13. The first-order valence-corrected chi connectivity index (χ1v) is 7.69. The van der Waals surface area contributed by atoms with E-state index in [1.165, 1.54) is 7.11 Å². The Kier molecular flexibility index (Phi) is 4.29. The summed E-state index contributed by atoms with van der Waals surface area (Å²) in [4.78, 5) is 0. The van der Waals surface area contributed by atoms with Crippen LogP contribution < -0.4 is 0 Å². The zero-order valence-corrected chi connectivity index (χ0v) is 10.1. The van der Waals surface area contributed by atoms with Gasteiger partial charge in [-0.05, 0) is 11.8 Å². The molecule has 0 spiro atoms. The van der Waals surface area contributed by atoms with Gasteiger partial charge in [-0.2, -0.15) is 0 Å². The molecule has 1 heterocycles. The second kappa shape index (κ2) is 4.64. The summed E-state index contributed by atoms with van der Waals surface area (Å²) >= 11 is 9.12. The predicted octanol–water partition coefficient (Wildman–Crippen LogP) is 1.33. The van der Waals surface area contributed by atoms with Crippen LogP contribution >= 0.6 is 17.9 Å². The Morgan fingerprint density at radius 1 is 1.69 bits per heavy atom. The predicted molar refractivity (Wildman–Crippen MR) is 59.8 cm³/mol. The van der Waals surface area contributed by atoms with Gasteiger partial charge in [0.15, 0.2) is 0 Å². The molecule has 4 atom stereocenters. The van der Waals surface area contributed by atoms with Crippen LogP contribution in [-0.2, 0) is 25.6 Å². The first-order valence-electron chi connectivity index (χ1n) is 3.90. The van der Waals surface area contributed by atoms with Crippen molar-refractivity contribution in [1.82, 2.24) is 0 Å². The third-order valence-corrected chi connectivity index (χ3v) is 4.53. The molecule has 0 aromatic carbocycles. The summed E-state index contributed by atoms with van der Waals surface area (Å²) in [6.07, 6.45) is -0.0988. The Morgan fingerprint density at radius 3 is 2.69 bits per heavy atom. The minimum atomic E-state index is -2.39. The van der Waals surface area contributed by atoms with E-state index in [9.17, 15) is 0 Å². The van der Waals surface area contributed by atoms with E-state index in [1.807, 2.05) is 6.92 Å².